The summed E-state index contributed by atoms with van der Waals surface area (Å²) in [5, 5.41) is 12.8. The zero-order valence-corrected chi connectivity index (χ0v) is 13.4. The molecule has 1 aromatic rings. The number of hydrogen-bond donors (Lipinski definition) is 2. The lowest BCUT2D eigenvalue weighted by molar-refractivity contribution is -0.121. The van der Waals surface area contributed by atoms with E-state index in [-0.39, 0.29) is 5.91 Å². The topological polar surface area (TPSA) is 62.5 Å². The Morgan fingerprint density at radius 1 is 1.38 bits per heavy atom. The molecule has 21 heavy (non-hydrogen) atoms. The van der Waals surface area contributed by atoms with Gasteiger partial charge in [-0.3, -0.25) is 4.79 Å². The summed E-state index contributed by atoms with van der Waals surface area (Å²) in [5.74, 6) is 2.67. The molecule has 2 atom stereocenters. The van der Waals surface area contributed by atoms with Crippen LogP contribution in [-0.4, -0.2) is 22.2 Å². The quantitative estimate of drug-likeness (QED) is 0.819. The van der Waals surface area contributed by atoms with Crippen molar-refractivity contribution in [3.63, 3.8) is 0 Å². The molecule has 116 valence electrons. The molecule has 1 heterocycles. The van der Waals surface area contributed by atoms with Gasteiger partial charge < -0.3 is 14.8 Å². The zero-order valence-electron chi connectivity index (χ0n) is 13.4. The highest BCUT2D eigenvalue weighted by Gasteiger charge is 2.37. The van der Waals surface area contributed by atoms with Gasteiger partial charge in [0.2, 0.25) is 5.91 Å². The third kappa shape index (κ3) is 3.76. The molecule has 0 saturated heterocycles. The van der Waals surface area contributed by atoms with Crippen molar-refractivity contribution < 1.29 is 14.3 Å². The van der Waals surface area contributed by atoms with E-state index in [9.17, 15) is 9.90 Å². The van der Waals surface area contributed by atoms with Gasteiger partial charge in [-0.1, -0.05) is 6.92 Å². The minimum Gasteiger partial charge on any atom is -0.461 e. The summed E-state index contributed by atoms with van der Waals surface area (Å²) >= 11 is 0. The minimum absolute atomic E-state index is 0.250. The number of carbonyl (C=O) groups is 1. The number of rotatable bonds is 5. The van der Waals surface area contributed by atoms with Gasteiger partial charge in [0.25, 0.3) is 0 Å². The van der Waals surface area contributed by atoms with E-state index in [1.807, 2.05) is 12.1 Å². The molecule has 0 aromatic carbocycles. The standard InChI is InChI=1S/C17H25NO3/c1-11-10-13(11)14-8-6-12(21-14)7-9-15(19)18-16(2,3)17(4,5)20/h6-9,11,13,20H,10H2,1-5H3,(H,18,19)/b9-7+. The maximum atomic E-state index is 11.9. The van der Waals surface area contributed by atoms with Crippen LogP contribution in [0.15, 0.2) is 22.6 Å². The first-order valence-corrected chi connectivity index (χ1v) is 7.42. The highest BCUT2D eigenvalue weighted by molar-refractivity contribution is 5.91. The van der Waals surface area contributed by atoms with Crippen LogP contribution < -0.4 is 5.32 Å². The Bertz CT molecular complexity index is 549. The van der Waals surface area contributed by atoms with Crippen molar-refractivity contribution in [2.45, 2.75) is 58.1 Å². The molecule has 1 fully saturated rings. The maximum absolute atomic E-state index is 11.9. The van der Waals surface area contributed by atoms with Crippen LogP contribution in [0.3, 0.4) is 0 Å². The van der Waals surface area contributed by atoms with Crippen LogP contribution in [-0.2, 0) is 4.79 Å². The molecule has 1 aromatic heterocycles. The Labute approximate surface area is 126 Å². The van der Waals surface area contributed by atoms with Gasteiger partial charge >= 0.3 is 0 Å². The Morgan fingerprint density at radius 3 is 2.52 bits per heavy atom. The highest BCUT2D eigenvalue weighted by Crippen LogP contribution is 2.47. The molecule has 0 aliphatic heterocycles. The van der Waals surface area contributed by atoms with Crippen LogP contribution in [0.1, 0.15) is 58.5 Å². The maximum Gasteiger partial charge on any atom is 0.244 e. The number of amides is 1. The number of aliphatic hydroxyl groups is 1. The zero-order chi connectivity index (χ0) is 15.8. The largest absolute Gasteiger partial charge is 0.461 e. The third-order valence-electron chi connectivity index (χ3n) is 4.49. The fourth-order valence-electron chi connectivity index (χ4n) is 2.04. The van der Waals surface area contributed by atoms with Crippen LogP contribution >= 0.6 is 0 Å². The summed E-state index contributed by atoms with van der Waals surface area (Å²) in [6.45, 7) is 9.13. The van der Waals surface area contributed by atoms with Gasteiger partial charge in [0.1, 0.15) is 11.5 Å². The van der Waals surface area contributed by atoms with Crippen molar-refractivity contribution in [1.29, 1.82) is 0 Å². The van der Waals surface area contributed by atoms with E-state index in [4.69, 9.17) is 4.42 Å². The van der Waals surface area contributed by atoms with Crippen molar-refractivity contribution >= 4 is 12.0 Å². The molecule has 2 unspecified atom stereocenters. The van der Waals surface area contributed by atoms with Crippen molar-refractivity contribution in [3.8, 4) is 0 Å². The van der Waals surface area contributed by atoms with Gasteiger partial charge in [-0.15, -0.1) is 0 Å². The third-order valence-corrected chi connectivity index (χ3v) is 4.49. The van der Waals surface area contributed by atoms with E-state index < -0.39 is 11.1 Å². The first kappa shape index (κ1) is 15.8. The molecule has 4 nitrogen and oxygen atoms in total. The molecule has 2 N–H and O–H groups in total. The lowest BCUT2D eigenvalue weighted by atomic mass is 9.86. The second kappa shape index (κ2) is 5.34. The smallest absolute Gasteiger partial charge is 0.244 e. The molecule has 1 amide bonds. The van der Waals surface area contributed by atoms with E-state index in [0.717, 1.165) is 5.76 Å². The summed E-state index contributed by atoms with van der Waals surface area (Å²) < 4.78 is 5.71. The van der Waals surface area contributed by atoms with E-state index in [1.54, 1.807) is 33.8 Å². The summed E-state index contributed by atoms with van der Waals surface area (Å²) in [7, 11) is 0. The highest BCUT2D eigenvalue weighted by atomic mass is 16.3. The van der Waals surface area contributed by atoms with Crippen molar-refractivity contribution in [2.24, 2.45) is 5.92 Å². The average Bonchev–Trinajstić information content (AvgIpc) is 2.88. The molecule has 0 spiro atoms. The lowest BCUT2D eigenvalue weighted by Crippen LogP contribution is -2.57. The average molecular weight is 291 g/mol. The first-order valence-electron chi connectivity index (χ1n) is 7.42. The molecule has 1 saturated carbocycles. The van der Waals surface area contributed by atoms with Gasteiger partial charge in [0, 0.05) is 12.0 Å². The van der Waals surface area contributed by atoms with Gasteiger partial charge in [-0.2, -0.15) is 0 Å². The summed E-state index contributed by atoms with van der Waals surface area (Å²) in [6.07, 6.45) is 4.27. The van der Waals surface area contributed by atoms with Crippen LogP contribution in [0.5, 0.6) is 0 Å². The van der Waals surface area contributed by atoms with E-state index in [0.29, 0.717) is 17.6 Å². The molecule has 1 aliphatic carbocycles. The lowest BCUT2D eigenvalue weighted by Gasteiger charge is -2.37. The number of furan rings is 1. The summed E-state index contributed by atoms with van der Waals surface area (Å²) in [4.78, 5) is 11.9. The van der Waals surface area contributed by atoms with Gasteiger partial charge in [0.05, 0.1) is 11.1 Å². The Morgan fingerprint density at radius 2 is 2.00 bits per heavy atom. The van der Waals surface area contributed by atoms with Crippen molar-refractivity contribution in [2.75, 3.05) is 0 Å². The van der Waals surface area contributed by atoms with Crippen LogP contribution in [0.4, 0.5) is 0 Å². The fourth-order valence-corrected chi connectivity index (χ4v) is 2.04. The van der Waals surface area contributed by atoms with Crippen molar-refractivity contribution in [1.82, 2.24) is 5.32 Å². The predicted molar refractivity (Wildman–Crippen MR) is 82.8 cm³/mol. The molecular weight excluding hydrogens is 266 g/mol. The molecule has 4 heteroatoms. The van der Waals surface area contributed by atoms with E-state index in [1.165, 1.54) is 12.5 Å². The molecule has 1 aliphatic rings. The second-order valence-corrected chi connectivity index (χ2v) is 7.07. The van der Waals surface area contributed by atoms with Crippen LogP contribution in [0.25, 0.3) is 6.08 Å². The number of nitrogens with one attached hydrogen (secondary N) is 1. The summed E-state index contributed by atoms with van der Waals surface area (Å²) in [5.41, 5.74) is -1.72. The van der Waals surface area contributed by atoms with Crippen molar-refractivity contribution in [3.05, 3.63) is 29.7 Å². The fraction of sp³-hybridized carbons (Fsp3) is 0.588. The number of hydrogen-bond acceptors (Lipinski definition) is 3. The van der Waals surface area contributed by atoms with Gasteiger partial charge in [-0.25, -0.2) is 0 Å². The van der Waals surface area contributed by atoms with Crippen LogP contribution in [0, 0.1) is 5.92 Å². The van der Waals surface area contributed by atoms with Gasteiger partial charge in [-0.05, 0) is 58.2 Å². The Kier molecular flexibility index (Phi) is 4.02. The molecular formula is C17H25NO3. The SMILES string of the molecule is CC1CC1c1ccc(/C=C/C(=O)NC(C)(C)C(C)(C)O)o1. The van der Waals surface area contributed by atoms with Crippen LogP contribution in [0.2, 0.25) is 0 Å². The Balaban J connectivity index is 1.95. The monoisotopic (exact) mass is 291 g/mol. The molecule has 0 bridgehead atoms. The van der Waals surface area contributed by atoms with E-state index >= 15 is 0 Å². The first-order chi connectivity index (χ1) is 9.60. The minimum atomic E-state index is -1.00. The molecule has 2 rings (SSSR count). The number of carbonyl (C=O) groups excluding carboxylic acids is 1. The van der Waals surface area contributed by atoms with E-state index in [2.05, 4.69) is 12.2 Å². The molecule has 0 radical (unpaired) electrons. The predicted octanol–water partition coefficient (Wildman–Crippen LogP) is 3.08. The second-order valence-electron chi connectivity index (χ2n) is 7.07. The Hall–Kier alpha value is -1.55. The normalized spacial score (nSPS) is 22.6. The summed E-state index contributed by atoms with van der Waals surface area (Å²) in [6, 6.07) is 3.86. The van der Waals surface area contributed by atoms with Gasteiger partial charge in [0.15, 0.2) is 0 Å².